The van der Waals surface area contributed by atoms with Crippen molar-refractivity contribution in [1.29, 1.82) is 0 Å². The minimum Gasteiger partial charge on any atom is -0.382 e. The summed E-state index contributed by atoms with van der Waals surface area (Å²) < 4.78 is 7.00. The maximum atomic E-state index is 12.1. The number of nitrogens with zero attached hydrogens (tertiary/aromatic N) is 2. The van der Waals surface area contributed by atoms with E-state index in [1.165, 1.54) is 23.1 Å². The van der Waals surface area contributed by atoms with Gasteiger partial charge in [-0.05, 0) is 38.5 Å². The fraction of sp³-hybridized carbons (Fsp3) is 0.438. The maximum absolute atomic E-state index is 12.1. The molecule has 2 rings (SSSR count). The summed E-state index contributed by atoms with van der Waals surface area (Å²) >= 11 is 6.27. The molecule has 136 valence electrons. The third-order valence-corrected chi connectivity index (χ3v) is 5.61. The molecule has 0 saturated heterocycles. The maximum Gasteiger partial charge on any atom is 0.233 e. The highest BCUT2D eigenvalue weighted by Gasteiger charge is 2.16. The van der Waals surface area contributed by atoms with Crippen LogP contribution in [0.25, 0.3) is 0 Å². The summed E-state index contributed by atoms with van der Waals surface area (Å²) in [6, 6.07) is 7.83. The van der Waals surface area contributed by atoms with Gasteiger partial charge in [0.2, 0.25) is 11.0 Å². The number of amides is 1. The van der Waals surface area contributed by atoms with E-state index in [1.807, 2.05) is 38.1 Å². The second-order valence-electron chi connectivity index (χ2n) is 5.11. The van der Waals surface area contributed by atoms with Crippen LogP contribution in [0.1, 0.15) is 20.3 Å². The Hall–Kier alpha value is -1.16. The van der Waals surface area contributed by atoms with E-state index in [9.17, 15) is 4.79 Å². The molecule has 0 radical (unpaired) electrons. The van der Waals surface area contributed by atoms with Crippen molar-refractivity contribution < 1.29 is 9.53 Å². The molecule has 2 N–H and O–H groups in total. The molecule has 0 aliphatic rings. The Bertz CT molecular complexity index is 684. The van der Waals surface area contributed by atoms with Crippen LogP contribution in [-0.4, -0.2) is 41.1 Å². The molecule has 0 aliphatic carbocycles. The van der Waals surface area contributed by atoms with Crippen molar-refractivity contribution in [3.05, 3.63) is 28.7 Å². The van der Waals surface area contributed by atoms with Crippen molar-refractivity contribution in [1.82, 2.24) is 15.5 Å². The van der Waals surface area contributed by atoms with Gasteiger partial charge in [0.1, 0.15) is 0 Å². The molecular weight excluding hydrogens is 424 g/mol. The van der Waals surface area contributed by atoms with Gasteiger partial charge in [-0.3, -0.25) is 4.79 Å². The summed E-state index contributed by atoms with van der Waals surface area (Å²) in [5, 5.41) is 14.9. The molecule has 1 heterocycles. The van der Waals surface area contributed by atoms with Crippen LogP contribution in [0.2, 0.25) is 0 Å². The lowest BCUT2D eigenvalue weighted by atomic mass is 10.3. The average Bonchev–Trinajstić information content (AvgIpc) is 3.01. The van der Waals surface area contributed by atoms with E-state index in [-0.39, 0.29) is 11.2 Å². The summed E-state index contributed by atoms with van der Waals surface area (Å²) in [5.41, 5.74) is 0.933. The first-order chi connectivity index (χ1) is 12.1. The van der Waals surface area contributed by atoms with Crippen LogP contribution in [0.5, 0.6) is 0 Å². The van der Waals surface area contributed by atoms with E-state index in [0.717, 1.165) is 20.9 Å². The number of carbonyl (C=O) groups excluding carboxylic acids is 1. The molecule has 0 spiro atoms. The van der Waals surface area contributed by atoms with Crippen LogP contribution in [0, 0.1) is 0 Å². The number of hydrogen-bond donors (Lipinski definition) is 2. The van der Waals surface area contributed by atoms with E-state index >= 15 is 0 Å². The van der Waals surface area contributed by atoms with E-state index in [0.29, 0.717) is 24.9 Å². The van der Waals surface area contributed by atoms with Crippen molar-refractivity contribution in [3.8, 4) is 0 Å². The molecular formula is C16H21BrN4O2S2. The molecule has 2 aromatic rings. The van der Waals surface area contributed by atoms with Crippen LogP contribution in [0.4, 0.5) is 10.8 Å². The van der Waals surface area contributed by atoms with Gasteiger partial charge in [0, 0.05) is 29.9 Å². The molecule has 1 atom stereocenters. The van der Waals surface area contributed by atoms with Gasteiger partial charge in [0.15, 0.2) is 4.34 Å². The molecule has 1 amide bonds. The first kappa shape index (κ1) is 20.2. The van der Waals surface area contributed by atoms with Gasteiger partial charge < -0.3 is 15.4 Å². The van der Waals surface area contributed by atoms with Crippen molar-refractivity contribution >= 4 is 55.8 Å². The second kappa shape index (κ2) is 10.7. The smallest absolute Gasteiger partial charge is 0.233 e. The number of aromatic nitrogens is 2. The lowest BCUT2D eigenvalue weighted by Crippen LogP contribution is -2.32. The average molecular weight is 445 g/mol. The minimum absolute atomic E-state index is 0.00167. The number of rotatable bonds is 10. The number of anilines is 2. The predicted octanol–water partition coefficient (Wildman–Crippen LogP) is 4.07. The molecule has 0 bridgehead atoms. The minimum atomic E-state index is -0.223. The fourth-order valence-electron chi connectivity index (χ4n) is 1.88. The summed E-state index contributed by atoms with van der Waals surface area (Å²) in [6.07, 6.45) is 0.816. The Morgan fingerprint density at radius 2 is 2.28 bits per heavy atom. The number of thioether (sulfide) groups is 1. The van der Waals surface area contributed by atoms with E-state index in [2.05, 4.69) is 36.8 Å². The molecule has 0 fully saturated rings. The Morgan fingerprint density at radius 1 is 1.44 bits per heavy atom. The Labute approximate surface area is 164 Å². The first-order valence-corrected chi connectivity index (χ1v) is 10.5. The molecule has 1 unspecified atom stereocenters. The molecule has 25 heavy (non-hydrogen) atoms. The van der Waals surface area contributed by atoms with Crippen LogP contribution < -0.4 is 10.6 Å². The summed E-state index contributed by atoms with van der Waals surface area (Å²) in [5.74, 6) is -0.00167. The zero-order valence-corrected chi connectivity index (χ0v) is 17.3. The molecule has 6 nitrogen and oxygen atoms in total. The Kier molecular flexibility index (Phi) is 8.66. The topological polar surface area (TPSA) is 76.1 Å². The number of halogens is 1. The van der Waals surface area contributed by atoms with Gasteiger partial charge >= 0.3 is 0 Å². The molecule has 9 heteroatoms. The third kappa shape index (κ3) is 7.31. The van der Waals surface area contributed by atoms with E-state index < -0.39 is 0 Å². The lowest BCUT2D eigenvalue weighted by molar-refractivity contribution is -0.120. The molecule has 1 aromatic heterocycles. The fourth-order valence-corrected chi connectivity index (χ4v) is 4.22. The molecule has 1 aromatic carbocycles. The van der Waals surface area contributed by atoms with Crippen LogP contribution in [0.15, 0.2) is 33.1 Å². The van der Waals surface area contributed by atoms with E-state index in [4.69, 9.17) is 4.74 Å². The predicted molar refractivity (Wildman–Crippen MR) is 107 cm³/mol. The highest BCUT2D eigenvalue weighted by Crippen LogP contribution is 2.30. The van der Waals surface area contributed by atoms with Crippen molar-refractivity contribution in [2.45, 2.75) is 29.9 Å². The van der Waals surface area contributed by atoms with Crippen LogP contribution in [-0.2, 0) is 9.53 Å². The Morgan fingerprint density at radius 3 is 3.04 bits per heavy atom. The largest absolute Gasteiger partial charge is 0.382 e. The molecule has 0 saturated carbocycles. The van der Waals surface area contributed by atoms with Crippen molar-refractivity contribution in [2.24, 2.45) is 0 Å². The zero-order valence-electron chi connectivity index (χ0n) is 14.1. The van der Waals surface area contributed by atoms with Gasteiger partial charge in [-0.1, -0.05) is 45.1 Å². The lowest BCUT2D eigenvalue weighted by Gasteiger charge is -2.10. The molecule has 0 aliphatic heterocycles. The van der Waals surface area contributed by atoms with Gasteiger partial charge in [-0.2, -0.15) is 0 Å². The Balaban J connectivity index is 1.78. The second-order valence-corrected chi connectivity index (χ2v) is 8.59. The zero-order chi connectivity index (χ0) is 18.1. The number of nitrogens with one attached hydrogen (secondary N) is 2. The monoisotopic (exact) mass is 444 g/mol. The van der Waals surface area contributed by atoms with Crippen molar-refractivity contribution in [3.63, 3.8) is 0 Å². The quantitative estimate of drug-likeness (QED) is 0.424. The number of benzene rings is 1. The summed E-state index contributed by atoms with van der Waals surface area (Å²) in [7, 11) is 0. The van der Waals surface area contributed by atoms with E-state index in [1.54, 1.807) is 0 Å². The number of hydrogen-bond acceptors (Lipinski definition) is 7. The third-order valence-electron chi connectivity index (χ3n) is 3.10. The number of carbonyl (C=O) groups is 1. The normalized spacial score (nSPS) is 12.0. The number of ether oxygens (including phenoxy) is 1. The SMILES string of the molecule is CCOCCCNC(=O)C(C)Sc1nnc(Nc2cccc(Br)c2)s1. The van der Waals surface area contributed by atoms with Crippen molar-refractivity contribution in [2.75, 3.05) is 25.1 Å². The van der Waals surface area contributed by atoms with Gasteiger partial charge in [0.25, 0.3) is 0 Å². The summed E-state index contributed by atoms with van der Waals surface area (Å²) in [4.78, 5) is 12.1. The standard InChI is InChI=1S/C16H21BrN4O2S2/c1-3-23-9-5-8-18-14(22)11(2)24-16-21-20-15(25-16)19-13-7-4-6-12(17)10-13/h4,6-7,10-11H,3,5,8-9H2,1-2H3,(H,18,22)(H,19,20). The highest BCUT2D eigenvalue weighted by molar-refractivity contribution is 9.10. The van der Waals surface area contributed by atoms with Crippen LogP contribution in [0.3, 0.4) is 0 Å². The van der Waals surface area contributed by atoms with Gasteiger partial charge in [-0.15, -0.1) is 10.2 Å². The summed E-state index contributed by atoms with van der Waals surface area (Å²) in [6.45, 7) is 5.81. The first-order valence-electron chi connectivity index (χ1n) is 7.96. The highest BCUT2D eigenvalue weighted by atomic mass is 79.9. The van der Waals surface area contributed by atoms with Crippen LogP contribution >= 0.6 is 39.0 Å². The van der Waals surface area contributed by atoms with Gasteiger partial charge in [0.05, 0.1) is 5.25 Å². The van der Waals surface area contributed by atoms with Gasteiger partial charge in [-0.25, -0.2) is 0 Å².